The summed E-state index contributed by atoms with van der Waals surface area (Å²) in [5.41, 5.74) is 1.98. The minimum Gasteiger partial charge on any atom is -0.377 e. The number of amides is 3. The molecule has 1 spiro atoms. The van der Waals surface area contributed by atoms with Crippen LogP contribution < -0.4 is 10.6 Å². The summed E-state index contributed by atoms with van der Waals surface area (Å²) in [7, 11) is 0. The molecule has 0 radical (unpaired) electrons. The molecule has 3 amide bonds. The molecular weight excluding hydrogens is 615 g/mol. The van der Waals surface area contributed by atoms with Crippen LogP contribution in [0.5, 0.6) is 0 Å². The Hall–Kier alpha value is -4.62. The van der Waals surface area contributed by atoms with Crippen LogP contribution in [0.25, 0.3) is 6.08 Å². The van der Waals surface area contributed by atoms with Gasteiger partial charge >= 0.3 is 0 Å². The third-order valence-corrected chi connectivity index (χ3v) is 9.62. The van der Waals surface area contributed by atoms with Crippen molar-refractivity contribution in [1.82, 2.24) is 20.2 Å². The largest absolute Gasteiger partial charge is 0.377 e. The summed E-state index contributed by atoms with van der Waals surface area (Å²) in [5, 5.41) is 5.64. The monoisotopic (exact) mass is 647 g/mol. The van der Waals surface area contributed by atoms with Gasteiger partial charge in [-0.25, -0.2) is 18.2 Å². The molecule has 3 unspecified atom stereocenters. The van der Waals surface area contributed by atoms with Gasteiger partial charge in [0.1, 0.15) is 17.7 Å². The Bertz CT molecular complexity index is 1820. The maximum atomic E-state index is 15.0. The average molecular weight is 648 g/mol. The number of piperidine rings is 1. The number of fused-ring (bicyclic) bond motifs is 4. The number of nitrogens with zero attached hydrogens (tertiary/aromatic N) is 3. The summed E-state index contributed by atoms with van der Waals surface area (Å²) >= 11 is 0. The van der Waals surface area contributed by atoms with E-state index in [0.29, 0.717) is 37.0 Å². The van der Waals surface area contributed by atoms with Crippen LogP contribution in [0.1, 0.15) is 57.6 Å². The summed E-state index contributed by atoms with van der Waals surface area (Å²) in [6.07, 6.45) is 7.32. The summed E-state index contributed by atoms with van der Waals surface area (Å²) in [6, 6.07) is 3.21. The maximum absolute atomic E-state index is 15.0. The molecule has 10 nitrogen and oxygen atoms in total. The second kappa shape index (κ2) is 12.2. The maximum Gasteiger partial charge on any atom is 0.253 e. The number of benzene rings is 1. The van der Waals surface area contributed by atoms with Crippen molar-refractivity contribution in [3.8, 4) is 0 Å². The lowest BCUT2D eigenvalue weighted by Crippen LogP contribution is -2.58. The smallest absolute Gasteiger partial charge is 0.253 e. The van der Waals surface area contributed by atoms with Gasteiger partial charge in [-0.15, -0.1) is 0 Å². The van der Waals surface area contributed by atoms with Crippen LogP contribution in [0.4, 0.5) is 19.0 Å². The first-order valence-corrected chi connectivity index (χ1v) is 15.5. The minimum absolute atomic E-state index is 0.0853. The zero-order chi connectivity index (χ0) is 32.9. The molecule has 1 fully saturated rings. The van der Waals surface area contributed by atoms with Crippen molar-refractivity contribution >= 4 is 29.6 Å². The highest BCUT2D eigenvalue weighted by atomic mass is 19.2. The molecule has 1 aliphatic carbocycles. The predicted molar refractivity (Wildman–Crippen MR) is 163 cm³/mol. The topological polar surface area (TPSA) is 123 Å². The molecule has 244 valence electrons. The molecule has 3 aromatic rings. The van der Waals surface area contributed by atoms with Gasteiger partial charge in [0.2, 0.25) is 11.8 Å². The molecule has 47 heavy (non-hydrogen) atoms. The summed E-state index contributed by atoms with van der Waals surface area (Å²) in [4.78, 5) is 51.2. The number of aromatic nitrogens is 2. The zero-order valence-electron chi connectivity index (χ0n) is 25.5. The van der Waals surface area contributed by atoms with E-state index < -0.39 is 52.7 Å². The number of anilines is 1. The first-order valence-electron chi connectivity index (χ1n) is 15.5. The normalized spacial score (nSPS) is 26.8. The molecule has 7 bridgehead atoms. The molecule has 1 saturated heterocycles. The number of ether oxygens (including phenoxy) is 2. The van der Waals surface area contributed by atoms with E-state index >= 15 is 4.39 Å². The lowest BCUT2D eigenvalue weighted by Gasteiger charge is -2.43. The fourth-order valence-corrected chi connectivity index (χ4v) is 7.18. The van der Waals surface area contributed by atoms with Gasteiger partial charge in [0.05, 0.1) is 37.4 Å². The quantitative estimate of drug-likeness (QED) is 0.388. The van der Waals surface area contributed by atoms with Gasteiger partial charge < -0.3 is 25.0 Å². The lowest BCUT2D eigenvalue weighted by atomic mass is 9.79. The standard InChI is InChI=1S/C34H32F3N5O5/c1-18-23(24-11-22(35)12-26(36)29(24)37)13-27-32(44)42(18)4-6-47-8-7-46-5-2-3-19-9-25-30(39-16-19)41-33(45)34(25)14-20-10-21(31(43)40-27)17-38-28(20)15-34/h2-3,9-12,16-18,23,27H,4-8,13-15H2,1H3,(H,40,43)(H,39,41,45)/b3-2-/t18?,23?,27?,34-/m0/s1. The third kappa shape index (κ3) is 5.57. The fourth-order valence-electron chi connectivity index (χ4n) is 7.18. The Morgan fingerprint density at radius 1 is 0.979 bits per heavy atom. The number of hydrogen-bond donors (Lipinski definition) is 2. The SMILES string of the molecule is CC1C(c2cc(F)cc(F)c2F)CC2NC(=O)c3cnc4c(c3)C[C@@]3(C4)C(=O)Nc4ncc(cc43)/C=C\COCCOCCN1C2=O. The lowest BCUT2D eigenvalue weighted by molar-refractivity contribution is -0.140. The number of nitrogens with one attached hydrogen (secondary N) is 2. The van der Waals surface area contributed by atoms with Crippen LogP contribution in [-0.4, -0.2) is 77.6 Å². The summed E-state index contributed by atoms with van der Waals surface area (Å²) in [6.45, 7) is 2.71. The van der Waals surface area contributed by atoms with Gasteiger partial charge in [-0.05, 0) is 54.7 Å². The van der Waals surface area contributed by atoms with Crippen molar-refractivity contribution in [3.05, 3.63) is 93.7 Å². The van der Waals surface area contributed by atoms with Crippen molar-refractivity contribution < 1.29 is 37.0 Å². The van der Waals surface area contributed by atoms with Crippen molar-refractivity contribution in [2.75, 3.05) is 38.3 Å². The van der Waals surface area contributed by atoms with E-state index in [4.69, 9.17) is 9.47 Å². The number of carbonyl (C=O) groups is 3. The van der Waals surface area contributed by atoms with Gasteiger partial charge in [0.15, 0.2) is 11.6 Å². The zero-order valence-corrected chi connectivity index (χ0v) is 25.5. The fraction of sp³-hybridized carbons (Fsp3) is 0.382. The molecule has 4 aliphatic rings. The van der Waals surface area contributed by atoms with Crippen LogP contribution in [-0.2, 0) is 37.3 Å². The van der Waals surface area contributed by atoms with E-state index in [2.05, 4.69) is 20.6 Å². The van der Waals surface area contributed by atoms with Gasteiger partial charge in [-0.2, -0.15) is 0 Å². The predicted octanol–water partition coefficient (Wildman–Crippen LogP) is 3.45. The number of rotatable bonds is 1. The Labute approximate surface area is 268 Å². The number of carbonyl (C=O) groups excluding carboxylic acids is 3. The molecule has 2 N–H and O–H groups in total. The molecule has 7 rings (SSSR count). The highest BCUT2D eigenvalue weighted by molar-refractivity contribution is 6.06. The Kier molecular flexibility index (Phi) is 8.04. The second-order valence-corrected chi connectivity index (χ2v) is 12.4. The Morgan fingerprint density at radius 3 is 2.66 bits per heavy atom. The van der Waals surface area contributed by atoms with Crippen molar-refractivity contribution in [2.24, 2.45) is 0 Å². The first kappa shape index (κ1) is 31.0. The third-order valence-electron chi connectivity index (χ3n) is 9.62. The second-order valence-electron chi connectivity index (χ2n) is 12.4. The molecule has 13 heteroatoms. The van der Waals surface area contributed by atoms with Gasteiger partial charge in [-0.3, -0.25) is 19.4 Å². The number of pyridine rings is 2. The van der Waals surface area contributed by atoms with Crippen LogP contribution in [0.2, 0.25) is 0 Å². The van der Waals surface area contributed by atoms with Crippen LogP contribution in [0.15, 0.2) is 42.7 Å². The summed E-state index contributed by atoms with van der Waals surface area (Å²) < 4.78 is 54.9. The Balaban J connectivity index is 1.22. The van der Waals surface area contributed by atoms with Crippen LogP contribution in [0, 0.1) is 17.5 Å². The molecule has 4 atom stereocenters. The number of hydrogen-bond acceptors (Lipinski definition) is 7. The van der Waals surface area contributed by atoms with Crippen molar-refractivity contribution in [3.63, 3.8) is 0 Å². The summed E-state index contributed by atoms with van der Waals surface area (Å²) in [5.74, 6) is -5.04. The van der Waals surface area contributed by atoms with Crippen LogP contribution >= 0.6 is 0 Å². The molecule has 2 aromatic heterocycles. The van der Waals surface area contributed by atoms with E-state index in [1.165, 1.54) is 11.1 Å². The minimum atomic E-state index is -1.33. The van der Waals surface area contributed by atoms with Crippen LogP contribution in [0.3, 0.4) is 0 Å². The highest BCUT2D eigenvalue weighted by Gasteiger charge is 2.52. The molecule has 0 saturated carbocycles. The molecular formula is C34H32F3N5O5. The van der Waals surface area contributed by atoms with Gasteiger partial charge in [-0.1, -0.05) is 12.2 Å². The van der Waals surface area contributed by atoms with Crippen molar-refractivity contribution in [1.29, 1.82) is 0 Å². The van der Waals surface area contributed by atoms with E-state index in [1.54, 1.807) is 19.2 Å². The van der Waals surface area contributed by atoms with E-state index in [1.807, 2.05) is 18.2 Å². The number of halogens is 3. The Morgan fingerprint density at radius 2 is 1.81 bits per heavy atom. The van der Waals surface area contributed by atoms with E-state index in [-0.39, 0.29) is 49.8 Å². The van der Waals surface area contributed by atoms with E-state index in [0.717, 1.165) is 22.8 Å². The average Bonchev–Trinajstić information content (AvgIpc) is 3.56. The molecule has 5 heterocycles. The molecule has 3 aliphatic heterocycles. The van der Waals surface area contributed by atoms with Crippen molar-refractivity contribution in [2.45, 2.75) is 49.6 Å². The van der Waals surface area contributed by atoms with Gasteiger partial charge in [0.25, 0.3) is 5.91 Å². The van der Waals surface area contributed by atoms with Gasteiger partial charge in [0, 0.05) is 54.6 Å². The molecule has 1 aromatic carbocycles. The highest BCUT2D eigenvalue weighted by Crippen LogP contribution is 2.46. The first-order chi connectivity index (χ1) is 22.6. The van der Waals surface area contributed by atoms with E-state index in [9.17, 15) is 23.2 Å².